The van der Waals surface area contributed by atoms with Crippen LogP contribution in [0, 0.1) is 11.3 Å². The molecule has 4 rings (SSSR count). The van der Waals surface area contributed by atoms with Crippen molar-refractivity contribution in [3.63, 3.8) is 0 Å². The van der Waals surface area contributed by atoms with Gasteiger partial charge in [-0.05, 0) is 49.7 Å². The third-order valence-corrected chi connectivity index (χ3v) is 5.70. The molecule has 1 atom stereocenters. The van der Waals surface area contributed by atoms with Crippen molar-refractivity contribution in [1.29, 1.82) is 5.26 Å². The van der Waals surface area contributed by atoms with Crippen LogP contribution in [0.3, 0.4) is 0 Å². The number of carbonyl (C=O) groups is 2. The third kappa shape index (κ3) is 3.97. The van der Waals surface area contributed by atoms with E-state index in [4.69, 9.17) is 16.9 Å². The van der Waals surface area contributed by atoms with E-state index in [9.17, 15) is 9.59 Å². The van der Waals surface area contributed by atoms with Crippen LogP contribution in [0.1, 0.15) is 51.9 Å². The Balaban J connectivity index is 1.70. The van der Waals surface area contributed by atoms with Crippen LogP contribution in [0.4, 0.5) is 5.69 Å². The Morgan fingerprint density at radius 1 is 1.28 bits per heavy atom. The second kappa shape index (κ2) is 8.85. The average Bonchev–Trinajstić information content (AvgIpc) is 3.23. The van der Waals surface area contributed by atoms with E-state index in [-0.39, 0.29) is 11.9 Å². The zero-order valence-corrected chi connectivity index (χ0v) is 18.6. The van der Waals surface area contributed by atoms with Gasteiger partial charge in [0.25, 0.3) is 5.91 Å². The number of hydrogen-bond donors (Lipinski definition) is 1. The van der Waals surface area contributed by atoms with Gasteiger partial charge in [0, 0.05) is 41.5 Å². The van der Waals surface area contributed by atoms with E-state index in [0.717, 1.165) is 11.8 Å². The van der Waals surface area contributed by atoms with Crippen LogP contribution in [0.15, 0.2) is 42.5 Å². The molecule has 1 amide bonds. The van der Waals surface area contributed by atoms with Crippen LogP contribution in [-0.4, -0.2) is 40.0 Å². The Hall–Kier alpha value is -3.63. The van der Waals surface area contributed by atoms with Gasteiger partial charge in [-0.1, -0.05) is 23.7 Å². The lowest BCUT2D eigenvalue weighted by Gasteiger charge is -2.31. The lowest BCUT2D eigenvalue weighted by molar-refractivity contribution is 0.0651. The van der Waals surface area contributed by atoms with Crippen LogP contribution in [0.2, 0.25) is 5.02 Å². The maximum atomic E-state index is 13.3. The minimum atomic E-state index is -0.127. The predicted molar refractivity (Wildman–Crippen MR) is 123 cm³/mol. The SMILES string of the molecule is CCNc1cc(Cl)cc(C=O)c1-c1cc2n(n1)[C@@H](C)CN(Cc1ccc(C#N)cc1)C2=O. The molecule has 162 valence electrons. The molecule has 1 aliphatic rings. The Kier molecular flexibility index (Phi) is 5.97. The van der Waals surface area contributed by atoms with Gasteiger partial charge in [-0.15, -0.1) is 0 Å². The molecule has 0 saturated carbocycles. The first-order chi connectivity index (χ1) is 15.4. The molecule has 0 bridgehead atoms. The number of amides is 1. The molecule has 0 saturated heterocycles. The van der Waals surface area contributed by atoms with Gasteiger partial charge >= 0.3 is 0 Å². The number of anilines is 1. The summed E-state index contributed by atoms with van der Waals surface area (Å²) in [6.07, 6.45) is 0.753. The number of aldehydes is 1. The fourth-order valence-corrected chi connectivity index (χ4v) is 4.26. The quantitative estimate of drug-likeness (QED) is 0.560. The monoisotopic (exact) mass is 447 g/mol. The lowest BCUT2D eigenvalue weighted by Crippen LogP contribution is -2.41. The van der Waals surface area contributed by atoms with Gasteiger partial charge in [0.05, 0.1) is 23.4 Å². The van der Waals surface area contributed by atoms with Gasteiger partial charge in [0.1, 0.15) is 5.69 Å². The zero-order valence-electron chi connectivity index (χ0n) is 17.8. The molecule has 8 heteroatoms. The number of hydrogen-bond acceptors (Lipinski definition) is 5. The van der Waals surface area contributed by atoms with Crippen molar-refractivity contribution in [3.8, 4) is 17.3 Å². The summed E-state index contributed by atoms with van der Waals surface area (Å²) in [5.74, 6) is -0.127. The average molecular weight is 448 g/mol. The number of rotatable bonds is 6. The number of aromatic nitrogens is 2. The van der Waals surface area contributed by atoms with E-state index in [2.05, 4.69) is 16.5 Å². The molecule has 0 spiro atoms. The predicted octanol–water partition coefficient (Wildman–Crippen LogP) is 4.54. The number of carbonyl (C=O) groups excluding carboxylic acids is 2. The number of nitrogens with zero attached hydrogens (tertiary/aromatic N) is 4. The Morgan fingerprint density at radius 2 is 2.03 bits per heavy atom. The summed E-state index contributed by atoms with van der Waals surface area (Å²) in [5.41, 5.74) is 4.31. The molecule has 0 aliphatic carbocycles. The smallest absolute Gasteiger partial charge is 0.272 e. The van der Waals surface area contributed by atoms with E-state index in [1.54, 1.807) is 39.9 Å². The Morgan fingerprint density at radius 3 is 2.69 bits per heavy atom. The molecule has 1 N–H and O–H groups in total. The first-order valence-electron chi connectivity index (χ1n) is 10.4. The first kappa shape index (κ1) is 21.6. The molecule has 0 unspecified atom stereocenters. The van der Waals surface area contributed by atoms with Crippen molar-refractivity contribution in [3.05, 3.63) is 69.9 Å². The molecule has 1 aliphatic heterocycles. The van der Waals surface area contributed by atoms with Gasteiger partial charge in [-0.25, -0.2) is 0 Å². The number of nitrogens with one attached hydrogen (secondary N) is 1. The minimum Gasteiger partial charge on any atom is -0.385 e. The first-order valence-corrected chi connectivity index (χ1v) is 10.7. The van der Waals surface area contributed by atoms with Crippen molar-refractivity contribution in [2.75, 3.05) is 18.4 Å². The summed E-state index contributed by atoms with van der Waals surface area (Å²) in [6, 6.07) is 14.4. The molecule has 2 aromatic carbocycles. The van der Waals surface area contributed by atoms with Crippen LogP contribution in [0.5, 0.6) is 0 Å². The fraction of sp³-hybridized carbons (Fsp3) is 0.250. The molecule has 0 fully saturated rings. The highest BCUT2D eigenvalue weighted by Gasteiger charge is 2.31. The minimum absolute atomic E-state index is 0.0376. The van der Waals surface area contributed by atoms with Crippen molar-refractivity contribution >= 4 is 29.5 Å². The highest BCUT2D eigenvalue weighted by atomic mass is 35.5. The topological polar surface area (TPSA) is 91.0 Å². The summed E-state index contributed by atoms with van der Waals surface area (Å²) >= 11 is 6.18. The van der Waals surface area contributed by atoms with Crippen molar-refractivity contribution in [2.45, 2.75) is 26.4 Å². The largest absolute Gasteiger partial charge is 0.385 e. The highest BCUT2D eigenvalue weighted by Crippen LogP contribution is 2.35. The molecule has 32 heavy (non-hydrogen) atoms. The molecule has 0 radical (unpaired) electrons. The Labute approximate surface area is 191 Å². The van der Waals surface area contributed by atoms with Crippen LogP contribution in [0.25, 0.3) is 11.3 Å². The van der Waals surface area contributed by atoms with Crippen molar-refractivity contribution in [1.82, 2.24) is 14.7 Å². The summed E-state index contributed by atoms with van der Waals surface area (Å²) in [7, 11) is 0. The van der Waals surface area contributed by atoms with Crippen LogP contribution < -0.4 is 5.32 Å². The van der Waals surface area contributed by atoms with Gasteiger partial charge in [0.2, 0.25) is 0 Å². The number of halogens is 1. The Bertz CT molecular complexity index is 1230. The van der Waals surface area contributed by atoms with E-state index in [0.29, 0.717) is 58.4 Å². The molecule has 2 heterocycles. The number of benzene rings is 2. The third-order valence-electron chi connectivity index (χ3n) is 5.48. The second-order valence-corrected chi connectivity index (χ2v) is 8.21. The molecule has 3 aromatic rings. The van der Waals surface area contributed by atoms with Crippen LogP contribution >= 0.6 is 11.6 Å². The summed E-state index contributed by atoms with van der Waals surface area (Å²) in [5, 5.41) is 17.4. The summed E-state index contributed by atoms with van der Waals surface area (Å²) in [4.78, 5) is 26.8. The van der Waals surface area contributed by atoms with Crippen molar-refractivity contribution in [2.24, 2.45) is 0 Å². The zero-order chi connectivity index (χ0) is 22.8. The molecule has 1 aromatic heterocycles. The van der Waals surface area contributed by atoms with Crippen LogP contribution in [-0.2, 0) is 6.54 Å². The number of fused-ring (bicyclic) bond motifs is 1. The summed E-state index contributed by atoms with van der Waals surface area (Å²) < 4.78 is 1.73. The molecular formula is C24H22ClN5O2. The number of nitriles is 1. The van der Waals surface area contributed by atoms with E-state index >= 15 is 0 Å². The maximum absolute atomic E-state index is 13.3. The van der Waals surface area contributed by atoms with Gasteiger partial charge < -0.3 is 10.2 Å². The highest BCUT2D eigenvalue weighted by molar-refractivity contribution is 6.31. The lowest BCUT2D eigenvalue weighted by atomic mass is 10.0. The van der Waals surface area contributed by atoms with Gasteiger partial charge in [-0.2, -0.15) is 10.4 Å². The standard InChI is InChI=1S/C24H22ClN5O2/c1-3-27-20-9-19(25)8-18(14-31)23(20)21-10-22-24(32)29(12-15(2)30(22)28-21)13-17-6-4-16(11-26)5-7-17/h4-10,14-15,27H,3,12-13H2,1-2H3/t15-/m0/s1. The summed E-state index contributed by atoms with van der Waals surface area (Å²) in [6.45, 7) is 5.56. The fourth-order valence-electron chi connectivity index (χ4n) is 4.03. The maximum Gasteiger partial charge on any atom is 0.272 e. The van der Waals surface area contributed by atoms with Crippen molar-refractivity contribution < 1.29 is 9.59 Å². The second-order valence-electron chi connectivity index (χ2n) is 7.77. The van der Waals surface area contributed by atoms with E-state index in [1.807, 2.05) is 26.0 Å². The van der Waals surface area contributed by atoms with E-state index in [1.165, 1.54) is 0 Å². The molecule has 7 nitrogen and oxygen atoms in total. The van der Waals surface area contributed by atoms with Gasteiger partial charge in [-0.3, -0.25) is 14.3 Å². The van der Waals surface area contributed by atoms with Gasteiger partial charge in [0.15, 0.2) is 6.29 Å². The van der Waals surface area contributed by atoms with E-state index < -0.39 is 0 Å². The normalized spacial score (nSPS) is 15.2. The molecular weight excluding hydrogens is 426 g/mol.